The van der Waals surface area contributed by atoms with Crippen LogP contribution in [-0.2, 0) is 31.6 Å². The maximum absolute atomic E-state index is 12.2. The Morgan fingerprint density at radius 1 is 1.20 bits per heavy atom. The lowest BCUT2D eigenvalue weighted by atomic mass is 10.2. The fourth-order valence-electron chi connectivity index (χ4n) is 2.68. The van der Waals surface area contributed by atoms with E-state index < -0.39 is 59.8 Å². The number of rotatable bonds is 11. The van der Waals surface area contributed by atoms with Gasteiger partial charge < -0.3 is 40.9 Å². The van der Waals surface area contributed by atoms with Gasteiger partial charge in [0.2, 0.25) is 0 Å². The van der Waals surface area contributed by atoms with Crippen molar-refractivity contribution in [3.05, 3.63) is 38.7 Å². The molecule has 1 aromatic heterocycles. The van der Waals surface area contributed by atoms with Crippen LogP contribution in [0.4, 0.5) is 0 Å². The Morgan fingerprint density at radius 2 is 1.86 bits per heavy atom. The summed E-state index contributed by atoms with van der Waals surface area (Å²) in [4.78, 5) is 65.6. The van der Waals surface area contributed by atoms with Gasteiger partial charge in [0.25, 0.3) is 5.56 Å². The highest BCUT2D eigenvalue weighted by atomic mass is 31.3. The fourth-order valence-corrected chi connectivity index (χ4v) is 5.71. The Balaban J connectivity index is 2.09. The number of ether oxygens (including phenoxy) is 1. The van der Waals surface area contributed by atoms with Crippen LogP contribution in [0, 0.1) is 0 Å². The highest BCUT2D eigenvalue weighted by Crippen LogP contribution is 2.66. The molecular formula is C13H22N5O14P3. The lowest BCUT2D eigenvalue weighted by Gasteiger charge is -2.19. The number of aliphatic hydroxyl groups excluding tert-OH is 1. The van der Waals surface area contributed by atoms with Crippen molar-refractivity contribution in [1.82, 2.24) is 9.55 Å². The molecule has 0 amide bonds. The van der Waals surface area contributed by atoms with E-state index in [0.29, 0.717) is 0 Å². The predicted octanol–water partition coefficient (Wildman–Crippen LogP) is -2.19. The van der Waals surface area contributed by atoms with Crippen molar-refractivity contribution in [2.24, 2.45) is 16.5 Å². The second kappa shape index (κ2) is 11.4. The quantitative estimate of drug-likeness (QED) is 0.0802. The van der Waals surface area contributed by atoms with Gasteiger partial charge in [-0.15, -0.1) is 0 Å². The van der Waals surface area contributed by atoms with E-state index >= 15 is 0 Å². The van der Waals surface area contributed by atoms with Crippen LogP contribution < -0.4 is 22.7 Å². The Labute approximate surface area is 195 Å². The topological polar surface area (TPSA) is 309 Å². The average Bonchev–Trinajstić information content (AvgIpc) is 3.02. The minimum Gasteiger partial charge on any atom is -0.390 e. The maximum Gasteiger partial charge on any atom is 0.490 e. The van der Waals surface area contributed by atoms with Crippen LogP contribution in [0.5, 0.6) is 0 Å². The molecule has 0 spiro atoms. The molecule has 5 atom stereocenters. The molecule has 10 N–H and O–H groups in total. The highest BCUT2D eigenvalue weighted by Gasteiger charge is 2.43. The van der Waals surface area contributed by atoms with Crippen molar-refractivity contribution in [2.75, 3.05) is 13.2 Å². The summed E-state index contributed by atoms with van der Waals surface area (Å²) in [5.41, 5.74) is 8.73. The molecule has 1 aliphatic rings. The number of hydrogen-bond acceptors (Lipinski definition) is 11. The molecule has 0 aromatic carbocycles. The molecule has 1 aromatic rings. The summed E-state index contributed by atoms with van der Waals surface area (Å²) in [6.07, 6.45) is -0.303. The number of phosphoric ester groups is 1. The summed E-state index contributed by atoms with van der Waals surface area (Å²) in [5.74, 6) is -0.177. The van der Waals surface area contributed by atoms with Crippen molar-refractivity contribution >= 4 is 35.5 Å². The first-order valence-corrected chi connectivity index (χ1v) is 13.7. The molecular weight excluding hydrogens is 543 g/mol. The molecule has 2 heterocycles. The first-order valence-electron chi connectivity index (χ1n) is 9.17. The molecule has 35 heavy (non-hydrogen) atoms. The number of aliphatic imine (C=N–C) groups is 1. The van der Waals surface area contributed by atoms with Crippen LogP contribution >= 0.6 is 23.5 Å². The van der Waals surface area contributed by atoms with Crippen molar-refractivity contribution in [2.45, 2.75) is 24.9 Å². The van der Waals surface area contributed by atoms with Gasteiger partial charge in [0.1, 0.15) is 12.3 Å². The van der Waals surface area contributed by atoms with Gasteiger partial charge in [0, 0.05) is 12.6 Å². The normalized spacial score (nSPS) is 24.2. The van der Waals surface area contributed by atoms with Crippen LogP contribution in [-0.4, -0.2) is 65.6 Å². The summed E-state index contributed by atoms with van der Waals surface area (Å²) < 4.78 is 51.7. The second-order valence-corrected chi connectivity index (χ2v) is 11.2. The number of H-pyrrole nitrogens is 1. The zero-order valence-corrected chi connectivity index (χ0v) is 20.1. The molecule has 0 bridgehead atoms. The average molecular weight is 565 g/mol. The third-order valence-corrected chi connectivity index (χ3v) is 7.81. The molecule has 0 saturated carbocycles. The fraction of sp³-hybridized carbons (Fsp3) is 0.462. The van der Waals surface area contributed by atoms with Crippen LogP contribution in [0.2, 0.25) is 0 Å². The smallest absolute Gasteiger partial charge is 0.390 e. The van der Waals surface area contributed by atoms with E-state index in [-0.39, 0.29) is 24.5 Å². The van der Waals surface area contributed by atoms with Gasteiger partial charge in [0.05, 0.1) is 24.8 Å². The van der Waals surface area contributed by atoms with E-state index in [1.165, 1.54) is 12.2 Å². The molecule has 198 valence electrons. The molecule has 22 heteroatoms. The van der Waals surface area contributed by atoms with E-state index in [4.69, 9.17) is 30.9 Å². The Morgan fingerprint density at radius 3 is 2.46 bits per heavy atom. The molecule has 1 fully saturated rings. The zero-order chi connectivity index (χ0) is 26.6. The zero-order valence-electron chi connectivity index (χ0n) is 17.4. The van der Waals surface area contributed by atoms with E-state index in [1.807, 2.05) is 4.98 Å². The number of aromatic amines is 1. The van der Waals surface area contributed by atoms with Crippen LogP contribution in [0.1, 0.15) is 18.2 Å². The van der Waals surface area contributed by atoms with E-state index in [1.54, 1.807) is 0 Å². The van der Waals surface area contributed by atoms with Gasteiger partial charge in [-0.25, -0.2) is 23.5 Å². The summed E-state index contributed by atoms with van der Waals surface area (Å²) in [6, 6.07) is 0. The van der Waals surface area contributed by atoms with Crippen LogP contribution in [0.25, 0.3) is 6.08 Å². The lowest BCUT2D eigenvalue weighted by Crippen LogP contribution is -2.33. The van der Waals surface area contributed by atoms with Gasteiger partial charge in [0.15, 0.2) is 5.96 Å². The highest BCUT2D eigenvalue weighted by molar-refractivity contribution is 7.66. The van der Waals surface area contributed by atoms with Crippen molar-refractivity contribution in [3.63, 3.8) is 0 Å². The molecule has 19 nitrogen and oxygen atoms in total. The minimum absolute atomic E-state index is 0.00481. The second-order valence-electron chi connectivity index (χ2n) is 6.74. The number of nitrogens with zero attached hydrogens (tertiary/aromatic N) is 2. The molecule has 2 rings (SSSR count). The number of hydrogen-bond donors (Lipinski definition) is 8. The Kier molecular flexibility index (Phi) is 9.52. The molecule has 0 radical (unpaired) electrons. The molecule has 0 aliphatic carbocycles. The van der Waals surface area contributed by atoms with Crippen LogP contribution in [0.3, 0.4) is 0 Å². The number of nitrogens with two attached hydrogens (primary N) is 2. The van der Waals surface area contributed by atoms with Crippen LogP contribution in [0.15, 0.2) is 26.9 Å². The van der Waals surface area contributed by atoms with E-state index in [9.17, 15) is 33.3 Å². The SMILES string of the molecule is NC(N)=NC/C=C/c1cn([C@H]2C[C@H](O)[C@@H](COP(=O)(O)OP(=O)(O)OP(=O)(O)O)O2)c(=O)[nH]c1=O. The summed E-state index contributed by atoms with van der Waals surface area (Å²) in [7, 11) is -16.7. The third kappa shape index (κ3) is 9.53. The Hall–Kier alpha value is -1.98. The molecule has 1 aliphatic heterocycles. The summed E-state index contributed by atoms with van der Waals surface area (Å²) in [6.45, 7) is -0.882. The lowest BCUT2D eigenvalue weighted by molar-refractivity contribution is -0.0450. The summed E-state index contributed by atoms with van der Waals surface area (Å²) in [5, 5.41) is 10.2. The summed E-state index contributed by atoms with van der Waals surface area (Å²) >= 11 is 0. The predicted molar refractivity (Wildman–Crippen MR) is 115 cm³/mol. The maximum atomic E-state index is 12.2. The first-order chi connectivity index (χ1) is 16.0. The molecule has 1 saturated heterocycles. The van der Waals surface area contributed by atoms with Gasteiger partial charge in [-0.3, -0.25) is 18.9 Å². The largest absolute Gasteiger partial charge is 0.490 e. The number of nitrogens with one attached hydrogen (secondary N) is 1. The van der Waals surface area contributed by atoms with Gasteiger partial charge >= 0.3 is 29.2 Å². The van der Waals surface area contributed by atoms with Gasteiger partial charge in [-0.05, 0) is 0 Å². The third-order valence-electron chi connectivity index (χ3n) is 4.00. The molecule has 2 unspecified atom stereocenters. The van der Waals surface area contributed by atoms with E-state index in [0.717, 1.165) is 10.8 Å². The monoisotopic (exact) mass is 565 g/mol. The number of guanidine groups is 1. The Bertz CT molecular complexity index is 1230. The number of aliphatic hydroxyl groups is 1. The number of aromatic nitrogens is 2. The van der Waals surface area contributed by atoms with Crippen molar-refractivity contribution < 1.29 is 56.3 Å². The van der Waals surface area contributed by atoms with Crippen molar-refractivity contribution in [1.29, 1.82) is 0 Å². The number of phosphoric acid groups is 3. The minimum atomic E-state index is -5.72. The van der Waals surface area contributed by atoms with Crippen molar-refractivity contribution in [3.8, 4) is 0 Å². The van der Waals surface area contributed by atoms with E-state index in [2.05, 4.69) is 18.1 Å². The first kappa shape index (κ1) is 29.3. The standard InChI is InChI=1S/C13H22N5O14P3/c14-12(15)16-3-1-2-7-5-18(13(21)17-11(7)20)10-4-8(19)9(30-10)6-29-34(25,26)32-35(27,28)31-33(22,23)24/h1-2,5,8-10,19H,3-4,6H2,(H,25,26)(H,27,28)(H4,14,15,16)(H,17,20,21)(H2,22,23,24)/b2-1+/t8-,9+,10+/m0/s1. The van der Waals surface area contributed by atoms with Gasteiger partial charge in [-0.2, -0.15) is 8.62 Å². The van der Waals surface area contributed by atoms with Gasteiger partial charge in [-0.1, -0.05) is 12.2 Å².